The zero-order chi connectivity index (χ0) is 31.9. The molecular formula is C29H29Cl3F3N3O4S. The van der Waals surface area contributed by atoms with E-state index < -0.39 is 51.9 Å². The van der Waals surface area contributed by atoms with Gasteiger partial charge < -0.3 is 10.2 Å². The number of halogens is 6. The fraction of sp³-hybridized carbons (Fsp3) is 0.310. The summed E-state index contributed by atoms with van der Waals surface area (Å²) in [6.07, 6.45) is -3.40. The van der Waals surface area contributed by atoms with Gasteiger partial charge in [0.15, 0.2) is 0 Å². The van der Waals surface area contributed by atoms with Crippen LogP contribution in [-0.2, 0) is 38.8 Å². The van der Waals surface area contributed by atoms with Crippen molar-refractivity contribution in [3.63, 3.8) is 0 Å². The number of nitrogens with one attached hydrogen (secondary N) is 1. The van der Waals surface area contributed by atoms with E-state index in [-0.39, 0.29) is 23.0 Å². The van der Waals surface area contributed by atoms with E-state index >= 15 is 0 Å². The minimum absolute atomic E-state index is 0.0521. The van der Waals surface area contributed by atoms with E-state index in [1.807, 2.05) is 6.92 Å². The molecule has 1 N–H and O–H groups in total. The number of alkyl halides is 3. The molecule has 1 unspecified atom stereocenters. The Bertz CT molecular complexity index is 1560. The quantitative estimate of drug-likeness (QED) is 0.234. The van der Waals surface area contributed by atoms with E-state index in [1.165, 1.54) is 6.07 Å². The van der Waals surface area contributed by atoms with Crippen molar-refractivity contribution in [1.82, 2.24) is 10.2 Å². The number of anilines is 1. The van der Waals surface area contributed by atoms with Gasteiger partial charge in [-0.3, -0.25) is 13.9 Å². The maximum atomic E-state index is 14.1. The summed E-state index contributed by atoms with van der Waals surface area (Å²) in [5, 5.41) is 2.98. The van der Waals surface area contributed by atoms with Crippen LogP contribution in [0.5, 0.6) is 0 Å². The molecule has 3 rings (SSSR count). The average Bonchev–Trinajstić information content (AvgIpc) is 2.93. The van der Waals surface area contributed by atoms with Crippen molar-refractivity contribution in [3.05, 3.63) is 98.5 Å². The SMILES string of the molecule is CCCNC(=O)C(Cc1ccccc1)N(Cc1ccc(Cl)cc1Cl)C(=O)CN(c1cc(C(F)(F)F)ccc1Cl)S(C)(=O)=O. The third-order valence-electron chi connectivity index (χ3n) is 6.40. The van der Waals surface area contributed by atoms with Crippen molar-refractivity contribution in [1.29, 1.82) is 0 Å². The first-order valence-corrected chi connectivity index (χ1v) is 16.0. The first kappa shape index (κ1) is 34.5. The maximum Gasteiger partial charge on any atom is 0.416 e. The number of hydrogen-bond donors (Lipinski definition) is 1. The summed E-state index contributed by atoms with van der Waals surface area (Å²) >= 11 is 18.6. The van der Waals surface area contributed by atoms with Gasteiger partial charge in [0.1, 0.15) is 12.6 Å². The van der Waals surface area contributed by atoms with Gasteiger partial charge in [0.05, 0.1) is 22.5 Å². The van der Waals surface area contributed by atoms with Gasteiger partial charge in [-0.25, -0.2) is 8.42 Å². The van der Waals surface area contributed by atoms with E-state index in [2.05, 4.69) is 5.32 Å². The number of rotatable bonds is 12. The molecule has 0 aliphatic heterocycles. The van der Waals surface area contributed by atoms with Gasteiger partial charge >= 0.3 is 6.18 Å². The molecule has 0 heterocycles. The number of carbonyl (C=O) groups excluding carboxylic acids is 2. The molecule has 0 saturated heterocycles. The second kappa shape index (κ2) is 14.7. The molecule has 3 aromatic rings. The Labute approximate surface area is 263 Å². The van der Waals surface area contributed by atoms with Crippen LogP contribution in [0, 0.1) is 0 Å². The molecule has 0 saturated carbocycles. The number of sulfonamides is 1. The molecule has 1 atom stereocenters. The summed E-state index contributed by atoms with van der Waals surface area (Å²) < 4.78 is 66.8. The number of nitrogens with zero attached hydrogens (tertiary/aromatic N) is 2. The summed E-state index contributed by atoms with van der Waals surface area (Å²) in [7, 11) is -4.35. The fourth-order valence-electron chi connectivity index (χ4n) is 4.23. The van der Waals surface area contributed by atoms with Crippen LogP contribution in [0.1, 0.15) is 30.0 Å². The Hall–Kier alpha value is -2.99. The second-order valence-corrected chi connectivity index (χ2v) is 12.8. The van der Waals surface area contributed by atoms with Crippen LogP contribution in [0.4, 0.5) is 18.9 Å². The van der Waals surface area contributed by atoms with Gasteiger partial charge in [0.2, 0.25) is 21.8 Å². The van der Waals surface area contributed by atoms with Crippen LogP contribution in [0.15, 0.2) is 66.7 Å². The first-order valence-electron chi connectivity index (χ1n) is 13.0. The van der Waals surface area contributed by atoms with E-state index in [9.17, 15) is 31.2 Å². The van der Waals surface area contributed by atoms with E-state index in [1.54, 1.807) is 42.5 Å². The zero-order valence-electron chi connectivity index (χ0n) is 23.2. The molecule has 0 aromatic heterocycles. The number of hydrogen-bond acceptors (Lipinski definition) is 4. The number of carbonyl (C=O) groups is 2. The normalized spacial score (nSPS) is 12.5. The highest BCUT2D eigenvalue weighted by molar-refractivity contribution is 7.92. The monoisotopic (exact) mass is 677 g/mol. The molecular weight excluding hydrogens is 650 g/mol. The topological polar surface area (TPSA) is 86.8 Å². The van der Waals surface area contributed by atoms with E-state index in [0.717, 1.165) is 17.2 Å². The summed E-state index contributed by atoms with van der Waals surface area (Å²) in [6.45, 7) is 0.978. The van der Waals surface area contributed by atoms with Crippen LogP contribution in [-0.4, -0.2) is 50.5 Å². The minimum atomic E-state index is -4.80. The summed E-state index contributed by atoms with van der Waals surface area (Å²) in [5.41, 5.74) is -0.575. The summed E-state index contributed by atoms with van der Waals surface area (Å²) in [4.78, 5) is 28.7. The van der Waals surface area contributed by atoms with Crippen molar-refractivity contribution < 1.29 is 31.2 Å². The highest BCUT2D eigenvalue weighted by atomic mass is 35.5. The van der Waals surface area contributed by atoms with Gasteiger partial charge in [0, 0.05) is 29.6 Å². The summed E-state index contributed by atoms with van der Waals surface area (Å²) in [5.74, 6) is -1.38. The predicted molar refractivity (Wildman–Crippen MR) is 163 cm³/mol. The van der Waals surface area contributed by atoms with E-state index in [0.29, 0.717) is 45.6 Å². The molecule has 7 nitrogen and oxygen atoms in total. The molecule has 2 amide bonds. The van der Waals surface area contributed by atoms with Crippen molar-refractivity contribution in [3.8, 4) is 0 Å². The Balaban J connectivity index is 2.13. The zero-order valence-corrected chi connectivity index (χ0v) is 26.3. The molecule has 0 aliphatic rings. The van der Waals surface area contributed by atoms with Crippen LogP contribution >= 0.6 is 34.8 Å². The largest absolute Gasteiger partial charge is 0.416 e. The van der Waals surface area contributed by atoms with E-state index in [4.69, 9.17) is 34.8 Å². The summed E-state index contributed by atoms with van der Waals surface area (Å²) in [6, 6.07) is 14.4. The van der Waals surface area contributed by atoms with Crippen molar-refractivity contribution in [2.45, 2.75) is 38.5 Å². The molecule has 43 heavy (non-hydrogen) atoms. The Morgan fingerprint density at radius 2 is 1.63 bits per heavy atom. The standard InChI is InChI=1S/C29H29Cl3F3N3O4S/c1-3-13-36-28(40)26(14-19-7-5-4-6-8-19)37(17-20-9-11-22(30)16-24(20)32)27(39)18-38(43(2,41)42)25-15-21(29(33,34)35)10-12-23(25)31/h4-12,15-16,26H,3,13-14,17-18H2,1-2H3,(H,36,40). The minimum Gasteiger partial charge on any atom is -0.354 e. The number of benzene rings is 3. The van der Waals surface area contributed by atoms with Crippen molar-refractivity contribution in [2.24, 2.45) is 0 Å². The van der Waals surface area contributed by atoms with Gasteiger partial charge in [-0.2, -0.15) is 13.2 Å². The predicted octanol–water partition coefficient (Wildman–Crippen LogP) is 6.60. The molecule has 0 aliphatic carbocycles. The maximum absolute atomic E-state index is 14.1. The lowest BCUT2D eigenvalue weighted by molar-refractivity contribution is -0.140. The van der Waals surface area contributed by atoms with Crippen LogP contribution < -0.4 is 9.62 Å². The highest BCUT2D eigenvalue weighted by Gasteiger charge is 2.36. The first-order chi connectivity index (χ1) is 20.1. The van der Waals surface area contributed by atoms with Gasteiger partial charge in [-0.1, -0.05) is 78.1 Å². The smallest absolute Gasteiger partial charge is 0.354 e. The second-order valence-electron chi connectivity index (χ2n) is 9.69. The Kier molecular flexibility index (Phi) is 11.8. The van der Waals surface area contributed by atoms with Gasteiger partial charge in [-0.05, 0) is 47.9 Å². The van der Waals surface area contributed by atoms with Crippen molar-refractivity contribution in [2.75, 3.05) is 23.7 Å². The number of amides is 2. The third-order valence-corrected chi connectivity index (χ3v) is 8.43. The molecule has 0 radical (unpaired) electrons. The third kappa shape index (κ3) is 9.50. The fourth-order valence-corrected chi connectivity index (χ4v) is 5.82. The van der Waals surface area contributed by atoms with Gasteiger partial charge in [-0.15, -0.1) is 0 Å². The lowest BCUT2D eigenvalue weighted by Crippen LogP contribution is -2.53. The highest BCUT2D eigenvalue weighted by Crippen LogP contribution is 2.36. The van der Waals surface area contributed by atoms with Crippen LogP contribution in [0.25, 0.3) is 0 Å². The molecule has 0 fully saturated rings. The van der Waals surface area contributed by atoms with Crippen LogP contribution in [0.3, 0.4) is 0 Å². The molecule has 3 aromatic carbocycles. The Morgan fingerprint density at radius 1 is 0.953 bits per heavy atom. The van der Waals surface area contributed by atoms with Gasteiger partial charge in [0.25, 0.3) is 0 Å². The van der Waals surface area contributed by atoms with Crippen LogP contribution in [0.2, 0.25) is 15.1 Å². The molecule has 232 valence electrons. The Morgan fingerprint density at radius 3 is 2.21 bits per heavy atom. The van der Waals surface area contributed by atoms with Crippen molar-refractivity contribution >= 4 is 62.3 Å². The average molecular weight is 679 g/mol. The lowest BCUT2D eigenvalue weighted by atomic mass is 10.0. The molecule has 0 bridgehead atoms. The molecule has 0 spiro atoms. The molecule has 14 heteroatoms. The lowest BCUT2D eigenvalue weighted by Gasteiger charge is -2.34.